The lowest BCUT2D eigenvalue weighted by molar-refractivity contribution is -0.386. The van der Waals surface area contributed by atoms with Crippen LogP contribution in [-0.2, 0) is 13.2 Å². The van der Waals surface area contributed by atoms with Crippen LogP contribution in [0.3, 0.4) is 0 Å². The molecule has 1 N–H and O–H groups in total. The Hall–Kier alpha value is -3.62. The zero-order chi connectivity index (χ0) is 20.1. The van der Waals surface area contributed by atoms with Gasteiger partial charge in [-0.25, -0.2) is 0 Å². The molecule has 1 unspecified atom stereocenters. The summed E-state index contributed by atoms with van der Waals surface area (Å²) in [5, 5.41) is 18.2. The first-order valence-electron chi connectivity index (χ1n) is 8.77. The van der Waals surface area contributed by atoms with Crippen LogP contribution in [0.4, 0.5) is 5.69 Å². The summed E-state index contributed by atoms with van der Waals surface area (Å²) < 4.78 is 12.7. The third-order valence-electron chi connectivity index (χ3n) is 4.09. The van der Waals surface area contributed by atoms with Crippen molar-refractivity contribution in [2.24, 2.45) is 0 Å². The molecule has 9 heteroatoms. The first-order chi connectivity index (χ1) is 13.5. The molecule has 1 amide bonds. The number of aryl methyl sites for hydroxylation is 1. The van der Waals surface area contributed by atoms with Crippen LogP contribution in [-0.4, -0.2) is 20.6 Å². The lowest BCUT2D eigenvalue weighted by atomic mass is 10.2. The van der Waals surface area contributed by atoms with Gasteiger partial charge in [0.05, 0.1) is 16.7 Å². The van der Waals surface area contributed by atoms with Gasteiger partial charge in [0.1, 0.15) is 12.4 Å². The van der Waals surface area contributed by atoms with Crippen LogP contribution >= 0.6 is 0 Å². The predicted molar refractivity (Wildman–Crippen MR) is 99.9 cm³/mol. The van der Waals surface area contributed by atoms with Gasteiger partial charge in [0.2, 0.25) is 0 Å². The highest BCUT2D eigenvalue weighted by Gasteiger charge is 2.18. The molecule has 0 bridgehead atoms. The Kier molecular flexibility index (Phi) is 5.73. The van der Waals surface area contributed by atoms with E-state index in [0.717, 1.165) is 12.2 Å². The van der Waals surface area contributed by atoms with E-state index in [1.165, 1.54) is 18.2 Å². The van der Waals surface area contributed by atoms with Crippen LogP contribution in [0.1, 0.15) is 41.9 Å². The highest BCUT2D eigenvalue weighted by Crippen LogP contribution is 2.26. The van der Waals surface area contributed by atoms with Gasteiger partial charge in [0, 0.05) is 18.8 Å². The number of furan rings is 1. The number of hydrogen-bond donors (Lipinski definition) is 1. The number of hydrogen-bond acceptors (Lipinski definition) is 6. The minimum atomic E-state index is -0.516. The molecular weight excluding hydrogens is 364 g/mol. The number of ether oxygens (including phenoxy) is 1. The summed E-state index contributed by atoms with van der Waals surface area (Å²) in [6.07, 6.45) is 1.85. The van der Waals surface area contributed by atoms with Crippen LogP contribution in [0.2, 0.25) is 0 Å². The van der Waals surface area contributed by atoms with Gasteiger partial charge in [-0.05, 0) is 38.1 Å². The normalized spacial score (nSPS) is 11.8. The van der Waals surface area contributed by atoms with E-state index in [1.807, 2.05) is 26.1 Å². The van der Waals surface area contributed by atoms with Crippen molar-refractivity contribution in [3.8, 4) is 5.75 Å². The second-order valence-electron chi connectivity index (χ2n) is 6.07. The van der Waals surface area contributed by atoms with E-state index < -0.39 is 4.92 Å². The smallest absolute Gasteiger partial charge is 0.310 e. The first kappa shape index (κ1) is 19.2. The molecule has 0 saturated carbocycles. The molecule has 3 rings (SSSR count). The van der Waals surface area contributed by atoms with E-state index in [2.05, 4.69) is 10.4 Å². The predicted octanol–water partition coefficient (Wildman–Crippen LogP) is 3.47. The second-order valence-corrected chi connectivity index (χ2v) is 6.07. The first-order valence-corrected chi connectivity index (χ1v) is 8.77. The Balaban J connectivity index is 1.60. The number of carbonyl (C=O) groups excluding carboxylic acids is 1. The fraction of sp³-hybridized carbons (Fsp3) is 0.263. The van der Waals surface area contributed by atoms with E-state index in [4.69, 9.17) is 9.15 Å². The van der Waals surface area contributed by atoms with Gasteiger partial charge in [0.25, 0.3) is 5.91 Å². The Morgan fingerprint density at radius 2 is 2.11 bits per heavy atom. The quantitative estimate of drug-likeness (QED) is 0.470. The van der Waals surface area contributed by atoms with Gasteiger partial charge in [-0.3, -0.25) is 19.6 Å². The number of para-hydroxylation sites is 2. The minimum absolute atomic E-state index is 0.0331. The number of nitrogens with one attached hydrogen (secondary N) is 1. The number of amides is 1. The molecule has 1 atom stereocenters. The summed E-state index contributed by atoms with van der Waals surface area (Å²) in [5.41, 5.74) is 0.620. The lowest BCUT2D eigenvalue weighted by Crippen LogP contribution is -2.26. The molecule has 1 aromatic carbocycles. The molecule has 0 aliphatic rings. The average Bonchev–Trinajstić information content (AvgIpc) is 3.36. The molecule has 0 saturated heterocycles. The molecule has 146 valence electrons. The van der Waals surface area contributed by atoms with Gasteiger partial charge in [-0.1, -0.05) is 12.1 Å². The molecule has 3 aromatic rings. The number of nitro groups is 1. The summed E-state index contributed by atoms with van der Waals surface area (Å²) in [6.45, 7) is 4.54. The largest absolute Gasteiger partial charge is 0.479 e. The summed E-state index contributed by atoms with van der Waals surface area (Å²) >= 11 is 0. The molecule has 0 radical (unpaired) electrons. The van der Waals surface area contributed by atoms with Crippen LogP contribution in [0.5, 0.6) is 5.75 Å². The van der Waals surface area contributed by atoms with Crippen molar-refractivity contribution >= 4 is 11.6 Å². The molecule has 2 heterocycles. The summed E-state index contributed by atoms with van der Waals surface area (Å²) in [6, 6.07) is 10.8. The van der Waals surface area contributed by atoms with Crippen LogP contribution < -0.4 is 10.1 Å². The number of nitrogens with zero attached hydrogens (tertiary/aromatic N) is 3. The summed E-state index contributed by atoms with van der Waals surface area (Å²) in [7, 11) is 0. The minimum Gasteiger partial charge on any atom is -0.479 e. The summed E-state index contributed by atoms with van der Waals surface area (Å²) in [4.78, 5) is 22.9. The number of benzene rings is 1. The third kappa shape index (κ3) is 4.37. The Labute approximate surface area is 161 Å². The van der Waals surface area contributed by atoms with Gasteiger partial charge < -0.3 is 14.5 Å². The fourth-order valence-corrected chi connectivity index (χ4v) is 2.58. The van der Waals surface area contributed by atoms with Crippen molar-refractivity contribution in [1.29, 1.82) is 0 Å². The van der Waals surface area contributed by atoms with E-state index in [0.29, 0.717) is 5.76 Å². The maximum atomic E-state index is 12.4. The monoisotopic (exact) mass is 384 g/mol. The average molecular weight is 384 g/mol. The maximum Gasteiger partial charge on any atom is 0.310 e. The Morgan fingerprint density at radius 3 is 2.82 bits per heavy atom. The van der Waals surface area contributed by atoms with Crippen molar-refractivity contribution in [2.75, 3.05) is 0 Å². The third-order valence-corrected chi connectivity index (χ3v) is 4.09. The van der Waals surface area contributed by atoms with Gasteiger partial charge in [-0.2, -0.15) is 5.10 Å². The molecular formula is C19H20N4O5. The highest BCUT2D eigenvalue weighted by atomic mass is 16.6. The highest BCUT2D eigenvalue weighted by molar-refractivity contribution is 5.91. The number of rotatable bonds is 8. The molecule has 9 nitrogen and oxygen atoms in total. The SMILES string of the molecule is CCn1ccc(C(C)NC(=O)c2ccc(COc3ccccc3[N+](=O)[O-])o2)n1. The number of carbonyl (C=O) groups is 1. The van der Waals surface area contributed by atoms with Gasteiger partial charge >= 0.3 is 5.69 Å². The lowest BCUT2D eigenvalue weighted by Gasteiger charge is -2.10. The Bertz CT molecular complexity index is 978. The number of nitro benzene ring substituents is 1. The van der Waals surface area contributed by atoms with Crippen molar-refractivity contribution in [3.63, 3.8) is 0 Å². The number of aromatic nitrogens is 2. The van der Waals surface area contributed by atoms with E-state index in [1.54, 1.807) is 22.9 Å². The molecule has 0 spiro atoms. The van der Waals surface area contributed by atoms with E-state index in [-0.39, 0.29) is 35.8 Å². The van der Waals surface area contributed by atoms with E-state index >= 15 is 0 Å². The van der Waals surface area contributed by atoms with Crippen molar-refractivity contribution in [2.45, 2.75) is 33.0 Å². The molecule has 0 fully saturated rings. The van der Waals surface area contributed by atoms with Crippen molar-refractivity contribution in [3.05, 3.63) is 76.0 Å². The standard InChI is InChI=1S/C19H20N4O5/c1-3-22-11-10-15(21-22)13(2)20-19(24)18-9-8-14(28-18)12-27-17-7-5-4-6-16(17)23(25)26/h4-11,13H,3,12H2,1-2H3,(H,20,24). The van der Waals surface area contributed by atoms with Crippen LogP contribution in [0.25, 0.3) is 0 Å². The topological polar surface area (TPSA) is 112 Å². The second kappa shape index (κ2) is 8.38. The maximum absolute atomic E-state index is 12.4. The summed E-state index contributed by atoms with van der Waals surface area (Å²) in [5.74, 6) is 0.264. The molecule has 28 heavy (non-hydrogen) atoms. The molecule has 0 aliphatic heterocycles. The van der Waals surface area contributed by atoms with Gasteiger partial charge in [0.15, 0.2) is 11.5 Å². The zero-order valence-corrected chi connectivity index (χ0v) is 15.5. The zero-order valence-electron chi connectivity index (χ0n) is 15.5. The molecule has 2 aromatic heterocycles. The van der Waals surface area contributed by atoms with Crippen LogP contribution in [0.15, 0.2) is 53.1 Å². The molecule has 0 aliphatic carbocycles. The van der Waals surface area contributed by atoms with Gasteiger partial charge in [-0.15, -0.1) is 0 Å². The fourth-order valence-electron chi connectivity index (χ4n) is 2.58. The van der Waals surface area contributed by atoms with Crippen molar-refractivity contribution < 1.29 is 18.9 Å². The van der Waals surface area contributed by atoms with Crippen LogP contribution in [0, 0.1) is 10.1 Å². The Morgan fingerprint density at radius 1 is 1.32 bits per heavy atom. The van der Waals surface area contributed by atoms with E-state index in [9.17, 15) is 14.9 Å². The van der Waals surface area contributed by atoms with Crippen molar-refractivity contribution in [1.82, 2.24) is 15.1 Å².